The van der Waals surface area contributed by atoms with Crippen LogP contribution in [0.2, 0.25) is 0 Å². The van der Waals surface area contributed by atoms with Crippen molar-refractivity contribution in [3.8, 4) is 0 Å². The smallest absolute Gasteiger partial charge is 0.402 e. The van der Waals surface area contributed by atoms with Crippen molar-refractivity contribution in [1.29, 1.82) is 0 Å². The molecule has 0 radical (unpaired) electrons. The van der Waals surface area contributed by atoms with Crippen LogP contribution in [0, 0.1) is 0 Å². The quantitative estimate of drug-likeness (QED) is 0.124. The van der Waals surface area contributed by atoms with Gasteiger partial charge in [0, 0.05) is 0 Å². The zero-order chi connectivity index (χ0) is 38.4. The lowest BCUT2D eigenvalue weighted by molar-refractivity contribution is -0.173. The number of carboxylic acids is 2. The van der Waals surface area contributed by atoms with Gasteiger partial charge in [-0.3, -0.25) is 0 Å². The van der Waals surface area contributed by atoms with Gasteiger partial charge in [-0.15, -0.1) is 0 Å². The molecule has 0 saturated carbocycles. The molecule has 0 bridgehead atoms. The molecule has 12 nitrogen and oxygen atoms in total. The molecule has 4 rings (SSSR count). The first-order chi connectivity index (χ1) is 24.5. The molecule has 15 heteroatoms. The number of benzene rings is 4. The second-order valence-electron chi connectivity index (χ2n) is 11.3. The van der Waals surface area contributed by atoms with Crippen LogP contribution < -0.4 is 0 Å². The van der Waals surface area contributed by atoms with Crippen LogP contribution in [0.3, 0.4) is 0 Å². The molecule has 0 spiro atoms. The molecular weight excluding hydrogens is 693 g/mol. The maximum Gasteiger partial charge on any atom is 0.402 e. The highest BCUT2D eigenvalue weighted by Crippen LogP contribution is 2.47. The lowest BCUT2D eigenvalue weighted by atomic mass is 9.74. The summed E-state index contributed by atoms with van der Waals surface area (Å²) in [4.78, 5) is 73.6. The lowest BCUT2D eigenvalue weighted by Gasteiger charge is -2.34. The van der Waals surface area contributed by atoms with Crippen molar-refractivity contribution >= 4 is 35.8 Å². The summed E-state index contributed by atoms with van der Waals surface area (Å²) in [7, 11) is 2.38. The van der Waals surface area contributed by atoms with E-state index in [0.717, 1.165) is 24.3 Å². The molecule has 4 aromatic carbocycles. The number of carbonyl (C=O) groups is 6. The van der Waals surface area contributed by atoms with Gasteiger partial charge >= 0.3 is 42.0 Å². The predicted molar refractivity (Wildman–Crippen MR) is 173 cm³/mol. The van der Waals surface area contributed by atoms with Crippen LogP contribution in [-0.4, -0.2) is 66.4 Å². The molecule has 4 aromatic rings. The van der Waals surface area contributed by atoms with Gasteiger partial charge in [-0.25, -0.2) is 28.8 Å². The minimum absolute atomic E-state index is 0.199. The van der Waals surface area contributed by atoms with E-state index in [1.807, 2.05) is 0 Å². The number of aromatic carboxylic acids is 2. The van der Waals surface area contributed by atoms with Gasteiger partial charge in [-0.1, -0.05) is 36.4 Å². The number of methoxy groups -OCH3 is 2. The summed E-state index contributed by atoms with van der Waals surface area (Å²) in [5.74, 6) is -7.04. The number of ether oxygens (including phenoxy) is 4. The van der Waals surface area contributed by atoms with Crippen molar-refractivity contribution < 1.29 is 71.1 Å². The van der Waals surface area contributed by atoms with Crippen molar-refractivity contribution in [3.63, 3.8) is 0 Å². The third-order valence-electron chi connectivity index (χ3n) is 8.15. The van der Waals surface area contributed by atoms with Crippen molar-refractivity contribution in [2.24, 2.45) is 0 Å². The molecular formula is C37H29F3O12. The van der Waals surface area contributed by atoms with E-state index in [9.17, 15) is 39.0 Å². The molecule has 1 unspecified atom stereocenters. The van der Waals surface area contributed by atoms with Crippen LogP contribution in [0.1, 0.15) is 91.3 Å². The molecule has 0 aliphatic carbocycles. The van der Waals surface area contributed by atoms with Gasteiger partial charge in [-0.2, -0.15) is 13.2 Å². The average Bonchev–Trinajstić information content (AvgIpc) is 3.14. The number of alkyl halides is 3. The summed E-state index contributed by atoms with van der Waals surface area (Å²) in [6.45, 7) is -0.0922. The Labute approximate surface area is 293 Å². The average molecular weight is 723 g/mol. The number of carbonyl (C=O) groups excluding carboxylic acids is 4. The number of esters is 4. The maximum atomic E-state index is 15.0. The van der Waals surface area contributed by atoms with Crippen LogP contribution in [0.4, 0.5) is 13.2 Å². The number of hydrogen-bond acceptors (Lipinski definition) is 10. The molecule has 1 atom stereocenters. The van der Waals surface area contributed by atoms with Gasteiger partial charge in [0.05, 0.1) is 47.6 Å². The zero-order valence-electron chi connectivity index (χ0n) is 27.6. The monoisotopic (exact) mass is 722 g/mol. The fourth-order valence-electron chi connectivity index (χ4n) is 5.08. The van der Waals surface area contributed by atoms with E-state index >= 15 is 13.2 Å². The van der Waals surface area contributed by atoms with Crippen LogP contribution >= 0.6 is 0 Å². The second-order valence-corrected chi connectivity index (χ2v) is 11.3. The van der Waals surface area contributed by atoms with Crippen LogP contribution in [-0.2, 0) is 37.6 Å². The summed E-state index contributed by atoms with van der Waals surface area (Å²) in [5, 5.41) is 19.6. The molecule has 2 N–H and O–H groups in total. The third kappa shape index (κ3) is 8.09. The minimum Gasteiger partial charge on any atom is -0.478 e. The first-order valence-electron chi connectivity index (χ1n) is 15.0. The fraction of sp³-hybridized carbons (Fsp3) is 0.189. The van der Waals surface area contributed by atoms with Crippen molar-refractivity contribution in [2.45, 2.75) is 31.7 Å². The Bertz CT molecular complexity index is 2040. The van der Waals surface area contributed by atoms with Crippen LogP contribution in [0.5, 0.6) is 0 Å². The Morgan fingerprint density at radius 2 is 0.923 bits per heavy atom. The largest absolute Gasteiger partial charge is 0.478 e. The van der Waals surface area contributed by atoms with E-state index in [1.54, 1.807) is 0 Å². The molecule has 0 aliphatic heterocycles. The van der Waals surface area contributed by atoms with Gasteiger partial charge in [0.1, 0.15) is 18.6 Å². The molecule has 0 heterocycles. The van der Waals surface area contributed by atoms with Crippen molar-refractivity contribution in [1.82, 2.24) is 0 Å². The SMILES string of the molecule is COC(=O)c1ccc(COC(=O)c2ccc(C(C)(c3ccc(C(=O)O)c(C(=O)OCc4ccc(C(=O)OC)cc4)c3)C(F)(F)F)cc2C(=O)O)cc1. The van der Waals surface area contributed by atoms with E-state index < -0.39 is 87.4 Å². The Morgan fingerprint density at radius 3 is 1.31 bits per heavy atom. The Balaban J connectivity index is 1.66. The predicted octanol–water partition coefficient (Wildman–Crippen LogP) is 6.24. The Morgan fingerprint density at radius 1 is 0.538 bits per heavy atom. The highest BCUT2D eigenvalue weighted by molar-refractivity contribution is 6.03. The molecule has 0 saturated heterocycles. The van der Waals surface area contributed by atoms with E-state index in [-0.39, 0.29) is 17.7 Å². The van der Waals surface area contributed by atoms with Crippen molar-refractivity contribution in [3.05, 3.63) is 141 Å². The first-order valence-corrected chi connectivity index (χ1v) is 15.0. The highest BCUT2D eigenvalue weighted by Gasteiger charge is 2.54. The van der Waals surface area contributed by atoms with Gasteiger partial charge < -0.3 is 29.2 Å². The number of halogens is 3. The first kappa shape index (κ1) is 38.3. The van der Waals surface area contributed by atoms with Crippen LogP contribution in [0.15, 0.2) is 84.9 Å². The number of hydrogen-bond donors (Lipinski definition) is 2. The Kier molecular flexibility index (Phi) is 11.5. The Hall–Kier alpha value is -6.51. The highest BCUT2D eigenvalue weighted by atomic mass is 19.4. The molecule has 270 valence electrons. The summed E-state index contributed by atoms with van der Waals surface area (Å²) in [6, 6.07) is 16.1. The van der Waals surface area contributed by atoms with E-state index in [4.69, 9.17) is 9.47 Å². The number of rotatable bonds is 12. The topological polar surface area (TPSA) is 180 Å². The summed E-state index contributed by atoms with van der Waals surface area (Å²) >= 11 is 0. The summed E-state index contributed by atoms with van der Waals surface area (Å²) < 4.78 is 64.7. The van der Waals surface area contributed by atoms with Gasteiger partial charge in [0.25, 0.3) is 0 Å². The standard InChI is InChI=1S/C37H29F3O12/c1-36(37(38,39)40,24-13-15-27(28(16-24)31(43)44)34(47)51-18-20-4-8-22(9-5-20)32(45)49-2)25-12-14-26(30(41)42)29(17-25)35(48)52-19-21-6-10-23(11-7-21)33(46)50-3/h4-17H,18-19H2,1-3H3,(H,41,42)(H,43,44). The third-order valence-corrected chi connectivity index (χ3v) is 8.15. The van der Waals surface area contributed by atoms with E-state index in [0.29, 0.717) is 30.2 Å². The fourth-order valence-corrected chi connectivity index (χ4v) is 5.08. The second kappa shape index (κ2) is 15.6. The molecule has 52 heavy (non-hydrogen) atoms. The normalized spacial score (nSPS) is 12.2. The van der Waals surface area contributed by atoms with Crippen molar-refractivity contribution in [2.75, 3.05) is 14.2 Å². The van der Waals surface area contributed by atoms with Gasteiger partial charge in [0.2, 0.25) is 0 Å². The maximum absolute atomic E-state index is 15.0. The molecule has 0 amide bonds. The van der Waals surface area contributed by atoms with Crippen LogP contribution in [0.25, 0.3) is 0 Å². The molecule has 0 aromatic heterocycles. The summed E-state index contributed by atoms with van der Waals surface area (Å²) in [5.41, 5.74) is -5.90. The zero-order valence-corrected chi connectivity index (χ0v) is 27.6. The number of carboxylic acid groups (broad SMARTS) is 2. The van der Waals surface area contributed by atoms with E-state index in [2.05, 4.69) is 9.47 Å². The van der Waals surface area contributed by atoms with Gasteiger partial charge in [-0.05, 0) is 77.7 Å². The van der Waals surface area contributed by atoms with E-state index in [1.165, 1.54) is 62.8 Å². The minimum atomic E-state index is -5.16. The molecule has 0 aliphatic rings. The molecule has 0 fully saturated rings. The van der Waals surface area contributed by atoms with Gasteiger partial charge in [0.15, 0.2) is 0 Å². The lowest BCUT2D eigenvalue weighted by Crippen LogP contribution is -2.41. The summed E-state index contributed by atoms with van der Waals surface area (Å²) in [6.07, 6.45) is -5.16.